The van der Waals surface area contributed by atoms with Crippen LogP contribution in [-0.4, -0.2) is 17.0 Å². The number of carboxylic acids is 1. The fourth-order valence-electron chi connectivity index (χ4n) is 2.80. The van der Waals surface area contributed by atoms with Crippen LogP contribution in [0.2, 0.25) is 0 Å². The third-order valence-corrected chi connectivity index (χ3v) is 3.94. The third kappa shape index (κ3) is 4.08. The predicted octanol–water partition coefficient (Wildman–Crippen LogP) is 3.68. The first-order valence-electron chi connectivity index (χ1n) is 7.29. The van der Waals surface area contributed by atoms with Crippen LogP contribution in [0.15, 0.2) is 24.3 Å². The number of carbonyl (C=O) groups excluding carboxylic acids is 1. The molecule has 1 aromatic rings. The van der Waals surface area contributed by atoms with Crippen LogP contribution < -0.4 is 5.32 Å². The van der Waals surface area contributed by atoms with Gasteiger partial charge in [-0.05, 0) is 24.5 Å². The van der Waals surface area contributed by atoms with Crippen LogP contribution in [0.5, 0.6) is 0 Å². The van der Waals surface area contributed by atoms with Gasteiger partial charge < -0.3 is 10.4 Å². The van der Waals surface area contributed by atoms with E-state index < -0.39 is 5.97 Å². The first-order valence-corrected chi connectivity index (χ1v) is 7.29. The summed E-state index contributed by atoms with van der Waals surface area (Å²) in [4.78, 5) is 23.0. The van der Waals surface area contributed by atoms with Gasteiger partial charge in [0.15, 0.2) is 0 Å². The molecule has 20 heavy (non-hydrogen) atoms. The van der Waals surface area contributed by atoms with Crippen molar-refractivity contribution >= 4 is 17.6 Å². The van der Waals surface area contributed by atoms with Crippen molar-refractivity contribution in [1.82, 2.24) is 0 Å². The summed E-state index contributed by atoms with van der Waals surface area (Å²) in [5, 5.41) is 11.8. The van der Waals surface area contributed by atoms with E-state index in [0.29, 0.717) is 18.0 Å². The van der Waals surface area contributed by atoms with Crippen molar-refractivity contribution < 1.29 is 14.7 Å². The van der Waals surface area contributed by atoms with Crippen molar-refractivity contribution in [3.63, 3.8) is 0 Å². The Morgan fingerprint density at radius 3 is 2.55 bits per heavy atom. The standard InChI is InChI=1S/C16H21NO3/c18-15(11-10-12-6-2-1-3-7-12)17-14-9-5-4-8-13(14)16(19)20/h4-5,8-9,12H,1-3,6-7,10-11H2,(H,17,18)(H,19,20). The van der Waals surface area contributed by atoms with E-state index in [1.54, 1.807) is 18.2 Å². The summed E-state index contributed by atoms with van der Waals surface area (Å²) in [6.45, 7) is 0. The van der Waals surface area contributed by atoms with Gasteiger partial charge in [0, 0.05) is 6.42 Å². The SMILES string of the molecule is O=C(CCC1CCCCC1)Nc1ccccc1C(=O)O. The quantitative estimate of drug-likeness (QED) is 0.861. The van der Waals surface area contributed by atoms with Crippen molar-refractivity contribution in [1.29, 1.82) is 0 Å². The topological polar surface area (TPSA) is 66.4 Å². The van der Waals surface area contributed by atoms with Gasteiger partial charge in [0.05, 0.1) is 11.3 Å². The average Bonchev–Trinajstić information content (AvgIpc) is 2.46. The highest BCUT2D eigenvalue weighted by Gasteiger charge is 2.16. The number of amides is 1. The molecule has 1 aromatic carbocycles. The largest absolute Gasteiger partial charge is 0.478 e. The fraction of sp³-hybridized carbons (Fsp3) is 0.500. The normalized spacial score (nSPS) is 15.8. The molecule has 4 nitrogen and oxygen atoms in total. The average molecular weight is 275 g/mol. The number of carbonyl (C=O) groups is 2. The second kappa shape index (κ2) is 7.08. The summed E-state index contributed by atoms with van der Waals surface area (Å²) >= 11 is 0. The number of carboxylic acid groups (broad SMARTS) is 1. The molecule has 0 radical (unpaired) electrons. The zero-order chi connectivity index (χ0) is 14.4. The number of para-hydroxylation sites is 1. The van der Waals surface area contributed by atoms with E-state index in [0.717, 1.165) is 6.42 Å². The zero-order valence-electron chi connectivity index (χ0n) is 11.6. The van der Waals surface area contributed by atoms with E-state index in [1.165, 1.54) is 38.2 Å². The second-order valence-corrected chi connectivity index (χ2v) is 5.44. The highest BCUT2D eigenvalue weighted by molar-refractivity contribution is 6.00. The molecule has 2 rings (SSSR count). The maximum atomic E-state index is 11.9. The predicted molar refractivity (Wildman–Crippen MR) is 77.8 cm³/mol. The van der Waals surface area contributed by atoms with Crippen LogP contribution in [0.25, 0.3) is 0 Å². The molecular formula is C16H21NO3. The summed E-state index contributed by atoms with van der Waals surface area (Å²) in [6, 6.07) is 6.51. The molecule has 1 fully saturated rings. The lowest BCUT2D eigenvalue weighted by Gasteiger charge is -2.21. The summed E-state index contributed by atoms with van der Waals surface area (Å²) in [6.07, 6.45) is 7.68. The van der Waals surface area contributed by atoms with Gasteiger partial charge in [0.1, 0.15) is 0 Å². The first kappa shape index (κ1) is 14.6. The molecular weight excluding hydrogens is 254 g/mol. The van der Waals surface area contributed by atoms with Crippen LogP contribution in [-0.2, 0) is 4.79 Å². The summed E-state index contributed by atoms with van der Waals surface area (Å²) in [5.74, 6) is -0.457. The zero-order valence-corrected chi connectivity index (χ0v) is 11.6. The van der Waals surface area contributed by atoms with Crippen molar-refractivity contribution in [3.05, 3.63) is 29.8 Å². The van der Waals surface area contributed by atoms with Crippen molar-refractivity contribution in [2.45, 2.75) is 44.9 Å². The van der Waals surface area contributed by atoms with E-state index in [9.17, 15) is 9.59 Å². The molecule has 4 heteroatoms. The molecule has 108 valence electrons. The van der Waals surface area contributed by atoms with Crippen LogP contribution in [0, 0.1) is 5.92 Å². The Labute approximate surface area is 119 Å². The highest BCUT2D eigenvalue weighted by atomic mass is 16.4. The van der Waals surface area contributed by atoms with Crippen LogP contribution >= 0.6 is 0 Å². The minimum atomic E-state index is -1.02. The van der Waals surface area contributed by atoms with Gasteiger partial charge in [-0.2, -0.15) is 0 Å². The van der Waals surface area contributed by atoms with Crippen molar-refractivity contribution in [2.24, 2.45) is 5.92 Å². The van der Waals surface area contributed by atoms with Crippen LogP contribution in [0.4, 0.5) is 5.69 Å². The van der Waals surface area contributed by atoms with Crippen molar-refractivity contribution in [2.75, 3.05) is 5.32 Å². The fourth-order valence-corrected chi connectivity index (χ4v) is 2.80. The lowest BCUT2D eigenvalue weighted by molar-refractivity contribution is -0.116. The van der Waals surface area contributed by atoms with Gasteiger partial charge in [-0.25, -0.2) is 4.79 Å². The van der Waals surface area contributed by atoms with Crippen molar-refractivity contribution in [3.8, 4) is 0 Å². The van der Waals surface area contributed by atoms with Gasteiger partial charge in [0.25, 0.3) is 0 Å². The number of benzene rings is 1. The van der Waals surface area contributed by atoms with E-state index in [4.69, 9.17) is 5.11 Å². The Hall–Kier alpha value is -1.84. The second-order valence-electron chi connectivity index (χ2n) is 5.44. The van der Waals surface area contributed by atoms with Gasteiger partial charge in [-0.3, -0.25) is 4.79 Å². The van der Waals surface area contributed by atoms with Crippen LogP contribution in [0.3, 0.4) is 0 Å². The summed E-state index contributed by atoms with van der Waals surface area (Å²) in [7, 11) is 0. The van der Waals surface area contributed by atoms with E-state index >= 15 is 0 Å². The van der Waals surface area contributed by atoms with Gasteiger partial charge in [0.2, 0.25) is 5.91 Å². The molecule has 1 aliphatic carbocycles. The molecule has 1 saturated carbocycles. The number of rotatable bonds is 5. The molecule has 1 amide bonds. The third-order valence-electron chi connectivity index (χ3n) is 3.94. The van der Waals surface area contributed by atoms with Gasteiger partial charge >= 0.3 is 5.97 Å². The van der Waals surface area contributed by atoms with E-state index in [1.807, 2.05) is 0 Å². The molecule has 0 heterocycles. The molecule has 2 N–H and O–H groups in total. The van der Waals surface area contributed by atoms with Gasteiger partial charge in [-0.1, -0.05) is 44.2 Å². The molecule has 0 saturated heterocycles. The maximum absolute atomic E-state index is 11.9. The number of hydrogen-bond donors (Lipinski definition) is 2. The Balaban J connectivity index is 1.86. The Kier molecular flexibility index (Phi) is 5.16. The monoisotopic (exact) mass is 275 g/mol. The number of hydrogen-bond acceptors (Lipinski definition) is 2. The minimum Gasteiger partial charge on any atom is -0.478 e. The lowest BCUT2D eigenvalue weighted by Crippen LogP contribution is -2.16. The minimum absolute atomic E-state index is 0.0933. The molecule has 0 aromatic heterocycles. The van der Waals surface area contributed by atoms with Gasteiger partial charge in [-0.15, -0.1) is 0 Å². The molecule has 1 aliphatic rings. The number of anilines is 1. The van der Waals surface area contributed by atoms with E-state index in [-0.39, 0.29) is 11.5 Å². The maximum Gasteiger partial charge on any atom is 0.337 e. The molecule has 0 aliphatic heterocycles. The lowest BCUT2D eigenvalue weighted by atomic mass is 9.86. The Morgan fingerprint density at radius 2 is 1.85 bits per heavy atom. The Bertz CT molecular complexity index is 478. The first-order chi connectivity index (χ1) is 9.66. The highest BCUT2D eigenvalue weighted by Crippen LogP contribution is 2.27. The summed E-state index contributed by atoms with van der Waals surface area (Å²) in [5.41, 5.74) is 0.521. The molecule has 0 unspecified atom stereocenters. The molecule has 0 bridgehead atoms. The smallest absolute Gasteiger partial charge is 0.337 e. The molecule has 0 atom stereocenters. The molecule has 0 spiro atoms. The van der Waals surface area contributed by atoms with E-state index in [2.05, 4.69) is 5.32 Å². The Morgan fingerprint density at radius 1 is 1.15 bits per heavy atom. The van der Waals surface area contributed by atoms with Crippen LogP contribution in [0.1, 0.15) is 55.3 Å². The number of aromatic carboxylic acids is 1. The summed E-state index contributed by atoms with van der Waals surface area (Å²) < 4.78 is 0. The number of nitrogens with one attached hydrogen (secondary N) is 1.